The summed E-state index contributed by atoms with van der Waals surface area (Å²) in [6.45, 7) is 12.5. The number of hydrogen-bond donors (Lipinski definition) is 4. The van der Waals surface area contributed by atoms with Gasteiger partial charge in [-0.05, 0) is 161 Å². The van der Waals surface area contributed by atoms with Crippen LogP contribution in [0.5, 0.6) is 0 Å². The Morgan fingerprint density at radius 3 is 2.40 bits per heavy atom. The molecule has 4 aliphatic rings. The highest BCUT2D eigenvalue weighted by Crippen LogP contribution is 2.41. The lowest BCUT2D eigenvalue weighted by molar-refractivity contribution is -0.454. The molecule has 3 amide bonds. The van der Waals surface area contributed by atoms with Crippen LogP contribution >= 0.6 is 27.3 Å². The maximum absolute atomic E-state index is 14.5. The number of aromatic nitrogens is 4. The number of H-pyrrole nitrogens is 1. The fraction of sp³-hybridized carbons (Fsp3) is 0.536. The van der Waals surface area contributed by atoms with Gasteiger partial charge in [0.25, 0.3) is 0 Å². The molecule has 17 heteroatoms. The molecule has 6 aromatic rings. The zero-order chi connectivity index (χ0) is 51.5. The van der Waals surface area contributed by atoms with Gasteiger partial charge in [-0.25, -0.2) is 14.5 Å². The third-order valence-corrected chi connectivity index (χ3v) is 18.0. The van der Waals surface area contributed by atoms with E-state index in [1.54, 1.807) is 11.3 Å². The second-order valence-electron chi connectivity index (χ2n) is 22.6. The van der Waals surface area contributed by atoms with Crippen LogP contribution in [0.1, 0.15) is 120 Å². The van der Waals surface area contributed by atoms with E-state index >= 15 is 0 Å². The largest absolute Gasteiger partial charge is 0.391 e. The number of benzene rings is 3. The number of ether oxygens (including phenoxy) is 1. The number of imidazole rings is 1. The van der Waals surface area contributed by atoms with Gasteiger partial charge in [0.1, 0.15) is 34.0 Å². The van der Waals surface area contributed by atoms with E-state index in [1.165, 1.54) is 28.8 Å². The summed E-state index contributed by atoms with van der Waals surface area (Å²) in [7, 11) is 3.75. The highest BCUT2D eigenvalue weighted by Gasteiger charge is 2.54. The van der Waals surface area contributed by atoms with E-state index < -0.39 is 35.2 Å². The fourth-order valence-electron chi connectivity index (χ4n) is 11.9. The van der Waals surface area contributed by atoms with Crippen LogP contribution in [-0.4, -0.2) is 129 Å². The molecule has 10 rings (SSSR count). The molecule has 73 heavy (non-hydrogen) atoms. The third kappa shape index (κ3) is 10.1. The molecule has 5 heterocycles. The monoisotopic (exact) mass is 1080 g/mol. The van der Waals surface area contributed by atoms with E-state index in [9.17, 15) is 24.3 Å². The van der Waals surface area contributed by atoms with Crippen molar-refractivity contribution in [3.63, 3.8) is 0 Å². The van der Waals surface area contributed by atoms with Gasteiger partial charge in [-0.2, -0.15) is 4.40 Å². The van der Waals surface area contributed by atoms with Crippen LogP contribution in [0.15, 0.2) is 75.4 Å². The number of nitrogens with one attached hydrogen (secondary N) is 3. The Hall–Kier alpha value is -5.04. The minimum absolute atomic E-state index is 0.00746. The highest BCUT2D eigenvalue weighted by atomic mass is 79.9. The number of aromatic amines is 1. The normalized spacial score (nSPS) is 21.1. The molecule has 3 aromatic heterocycles. The Balaban J connectivity index is 0.826. The first-order valence-electron chi connectivity index (χ1n) is 26.2. The predicted octanol–water partition coefficient (Wildman–Crippen LogP) is 7.56. The first kappa shape index (κ1) is 51.4. The minimum atomic E-state index is -0.940. The second-order valence-corrected chi connectivity index (χ2v) is 24.3. The molecule has 0 radical (unpaired) electrons. The lowest BCUT2D eigenvalue weighted by atomic mass is 9.85. The van der Waals surface area contributed by atoms with Crippen molar-refractivity contribution in [1.29, 1.82) is 0 Å². The van der Waals surface area contributed by atoms with Crippen LogP contribution < -0.4 is 20.6 Å². The van der Waals surface area contributed by atoms with Crippen LogP contribution in [0, 0.1) is 12.3 Å². The van der Waals surface area contributed by atoms with Crippen LogP contribution in [0.25, 0.3) is 38.2 Å². The maximum Gasteiger partial charge on any atom is 0.371 e. The van der Waals surface area contributed by atoms with Crippen LogP contribution in [0.3, 0.4) is 0 Å². The number of aryl methyl sites for hydroxylation is 1. The Morgan fingerprint density at radius 2 is 1.74 bits per heavy atom. The van der Waals surface area contributed by atoms with Crippen LogP contribution in [0.2, 0.25) is 0 Å². The quantitative estimate of drug-likeness (QED) is 0.0759. The molecule has 3 aromatic carbocycles. The number of likely N-dealkylation sites (tertiary alicyclic amines) is 2. The van der Waals surface area contributed by atoms with Gasteiger partial charge in [0.05, 0.1) is 52.5 Å². The van der Waals surface area contributed by atoms with E-state index in [1.807, 2.05) is 94.7 Å². The minimum Gasteiger partial charge on any atom is -0.391 e. The van der Waals surface area contributed by atoms with Crippen molar-refractivity contribution < 1.29 is 28.6 Å². The number of halogens is 1. The van der Waals surface area contributed by atoms with Crippen LogP contribution in [-0.2, 0) is 19.1 Å². The molecule has 0 spiro atoms. The maximum atomic E-state index is 14.5. The van der Waals surface area contributed by atoms with Gasteiger partial charge in [0.15, 0.2) is 0 Å². The number of thiazole rings is 1. The standard InChI is InChI=1S/C56H70BrN9O6S/c1-33(29-63-25-21-35(22-26-63)38-19-20-43-45(27-38)65(39-11-8-9-12-39)54-61-51(69)47-41(57)13-10-14-44(47)66(43)54)72-31-42(36-15-17-37(18-16-36)48-34(2)58-32-73-48)59-50(68)46-28-40(67)30-64(46)52(70)49(55(3,4)5)60-53(71)56(23-24-56)62(6)7/h10,13-20,27,32-33,35,39-40,42,46,49,67H,8-9,11-12,21-26,28-31H2,1-7H3,(H2,59,60,68,71)/p+1/t33-,40-,42+,46+,49-/m1/s1. The first-order valence-corrected chi connectivity index (χ1v) is 27.9. The van der Waals surface area contributed by atoms with Gasteiger partial charge in [0, 0.05) is 24.0 Å². The Morgan fingerprint density at radius 1 is 1.01 bits per heavy atom. The molecule has 388 valence electrons. The van der Waals surface area contributed by atoms with Gasteiger partial charge >= 0.3 is 11.3 Å². The molecule has 0 unspecified atom stereocenters. The summed E-state index contributed by atoms with van der Waals surface area (Å²) in [5.74, 6) is 0.278. The summed E-state index contributed by atoms with van der Waals surface area (Å²) in [6, 6.07) is 18.9. The van der Waals surface area contributed by atoms with E-state index in [4.69, 9.17) is 4.74 Å². The lowest BCUT2D eigenvalue weighted by Gasteiger charge is -2.37. The van der Waals surface area contributed by atoms with Crippen molar-refractivity contribution in [2.24, 2.45) is 5.41 Å². The van der Waals surface area contributed by atoms with E-state index in [2.05, 4.69) is 75.5 Å². The molecule has 15 nitrogen and oxygen atoms in total. The number of rotatable bonds is 15. The number of fused-ring (bicyclic) bond motifs is 5. The molecule has 2 aliphatic heterocycles. The number of β-amino-alcohol motifs (C(OH)–C–C–N with tert-alkyl or cyclic N) is 1. The van der Waals surface area contributed by atoms with Crippen molar-refractivity contribution in [1.82, 2.24) is 39.9 Å². The fourth-order valence-corrected chi connectivity index (χ4v) is 13.3. The van der Waals surface area contributed by atoms with E-state index in [0.29, 0.717) is 30.2 Å². The predicted molar refractivity (Wildman–Crippen MR) is 289 cm³/mol. The highest BCUT2D eigenvalue weighted by molar-refractivity contribution is 9.10. The van der Waals surface area contributed by atoms with Crippen molar-refractivity contribution in [3.05, 3.63) is 97.8 Å². The summed E-state index contributed by atoms with van der Waals surface area (Å²) in [5.41, 5.74) is 7.78. The zero-order valence-electron chi connectivity index (χ0n) is 43.2. The Labute approximate surface area is 439 Å². The van der Waals surface area contributed by atoms with E-state index in [-0.39, 0.29) is 49.0 Å². The number of aliphatic hydroxyl groups is 1. The average Bonchev–Trinajstić information content (AvgIpc) is 3.66. The number of hydrogen-bond acceptors (Lipinski definition) is 10. The van der Waals surface area contributed by atoms with Crippen molar-refractivity contribution >= 4 is 72.7 Å². The van der Waals surface area contributed by atoms with Crippen LogP contribution in [0.4, 0.5) is 0 Å². The molecule has 2 aliphatic carbocycles. The Bertz CT molecular complexity index is 3090. The number of likely N-dealkylation sites (N-methyl/N-ethyl adjacent to an activating group) is 1. The van der Waals surface area contributed by atoms with Crippen molar-refractivity contribution in [2.45, 2.75) is 140 Å². The molecular weight excluding hydrogens is 1010 g/mol. The lowest BCUT2D eigenvalue weighted by Crippen LogP contribution is -2.60. The van der Waals surface area contributed by atoms with Gasteiger partial charge in [-0.15, -0.1) is 11.3 Å². The number of aliphatic hydroxyl groups excluding tert-OH is 1. The SMILES string of the molecule is Cc1ncsc1-c1ccc([C@H](CO[C@H](C)CN2CCC(c3ccc4c(c3)n(C3CCCC3)c3[nH]c(=O)c5c(Br)cccc5[n+]43)CC2)NC(=O)[C@@H]2C[C@@H](O)CN2C(=O)[C@@H](NC(=O)C2(N(C)C)CC2)C(C)(C)C)cc1. The number of piperidine rings is 1. The first-order chi connectivity index (χ1) is 34.9. The molecule has 2 saturated carbocycles. The third-order valence-electron chi connectivity index (χ3n) is 16.3. The number of carbonyl (C=O) groups excluding carboxylic acids is 3. The van der Waals surface area contributed by atoms with Crippen molar-refractivity contribution in [3.8, 4) is 10.4 Å². The van der Waals surface area contributed by atoms with Crippen molar-refractivity contribution in [2.75, 3.05) is 46.9 Å². The molecule has 2 saturated heterocycles. The smallest absolute Gasteiger partial charge is 0.371 e. The number of amides is 3. The summed E-state index contributed by atoms with van der Waals surface area (Å²) < 4.78 is 12.1. The molecule has 5 atom stereocenters. The molecule has 4 fully saturated rings. The molecule has 4 N–H and O–H groups in total. The summed E-state index contributed by atoms with van der Waals surface area (Å²) in [4.78, 5) is 70.9. The molecule has 0 bridgehead atoms. The number of carbonyl (C=O) groups is 3. The summed E-state index contributed by atoms with van der Waals surface area (Å²) >= 11 is 5.22. The topological polar surface area (TPSA) is 169 Å². The summed E-state index contributed by atoms with van der Waals surface area (Å²) in [5, 5.41) is 18.0. The van der Waals surface area contributed by atoms with Gasteiger partial charge in [-0.3, -0.25) is 24.1 Å². The summed E-state index contributed by atoms with van der Waals surface area (Å²) in [6.07, 6.45) is 7.02. The molecular formula is C56H71BrN9O6S+. The zero-order valence-corrected chi connectivity index (χ0v) is 45.7. The van der Waals surface area contributed by atoms with Gasteiger partial charge in [0.2, 0.25) is 17.7 Å². The van der Waals surface area contributed by atoms with Gasteiger partial charge in [-0.1, -0.05) is 57.2 Å². The second kappa shape index (κ2) is 20.6. The Kier molecular flexibility index (Phi) is 14.5. The number of nitrogens with zero attached hydrogens (tertiary/aromatic N) is 6. The van der Waals surface area contributed by atoms with E-state index in [0.717, 1.165) is 88.3 Å². The average molecular weight is 1080 g/mol. The van der Waals surface area contributed by atoms with Gasteiger partial charge < -0.3 is 30.3 Å².